The van der Waals surface area contributed by atoms with Gasteiger partial charge in [0, 0.05) is 5.02 Å². The van der Waals surface area contributed by atoms with E-state index in [1.807, 2.05) is 0 Å². The third kappa shape index (κ3) is 4.37. The number of hydrogen-bond donors (Lipinski definition) is 2. The molecule has 144 valence electrons. The van der Waals surface area contributed by atoms with Crippen LogP contribution in [0.2, 0.25) is 5.02 Å². The van der Waals surface area contributed by atoms with E-state index in [-0.39, 0.29) is 29.3 Å². The first-order valence-electron chi connectivity index (χ1n) is 8.35. The number of aryl methyl sites for hydroxylation is 1. The van der Waals surface area contributed by atoms with Gasteiger partial charge in [0.15, 0.2) is 5.69 Å². The molecule has 8 heteroatoms. The van der Waals surface area contributed by atoms with Crippen LogP contribution in [0.5, 0.6) is 0 Å². The Kier molecular flexibility index (Phi) is 5.75. The van der Waals surface area contributed by atoms with Crippen LogP contribution in [0.4, 0.5) is 4.39 Å². The molecule has 2 aromatic carbocycles. The molecule has 0 saturated heterocycles. The van der Waals surface area contributed by atoms with Gasteiger partial charge in [-0.1, -0.05) is 35.9 Å². The minimum absolute atomic E-state index is 0.0259. The average molecular weight is 403 g/mol. The average Bonchev–Trinajstić information content (AvgIpc) is 3.03. The van der Waals surface area contributed by atoms with E-state index in [4.69, 9.17) is 21.1 Å². The number of aromatic nitrogens is 1. The first-order valence-corrected chi connectivity index (χ1v) is 8.73. The molecule has 28 heavy (non-hydrogen) atoms. The molecule has 2 N–H and O–H groups in total. The largest absolute Gasteiger partial charge is 0.481 e. The number of aliphatic carboxylic acids is 1. The number of oxazole rings is 1. The summed E-state index contributed by atoms with van der Waals surface area (Å²) in [6.07, 6.45) is -0.329. The van der Waals surface area contributed by atoms with Crippen molar-refractivity contribution in [3.8, 4) is 11.5 Å². The first-order chi connectivity index (χ1) is 13.3. The van der Waals surface area contributed by atoms with Crippen molar-refractivity contribution in [3.63, 3.8) is 0 Å². The molecule has 0 spiro atoms. The summed E-state index contributed by atoms with van der Waals surface area (Å²) in [7, 11) is 0. The number of amides is 1. The maximum Gasteiger partial charge on any atom is 0.305 e. The fraction of sp³-hybridized carbons (Fsp3) is 0.150. The van der Waals surface area contributed by atoms with Crippen molar-refractivity contribution in [2.75, 3.05) is 0 Å². The summed E-state index contributed by atoms with van der Waals surface area (Å²) in [6, 6.07) is 11.6. The summed E-state index contributed by atoms with van der Waals surface area (Å²) in [4.78, 5) is 28.0. The molecule has 0 radical (unpaired) electrons. The molecule has 0 aliphatic heterocycles. The van der Waals surface area contributed by atoms with Crippen LogP contribution in [0.1, 0.15) is 34.3 Å². The van der Waals surface area contributed by atoms with Crippen LogP contribution in [-0.2, 0) is 4.79 Å². The van der Waals surface area contributed by atoms with Crippen LogP contribution in [0.3, 0.4) is 0 Å². The van der Waals surface area contributed by atoms with Crippen LogP contribution < -0.4 is 5.32 Å². The summed E-state index contributed by atoms with van der Waals surface area (Å²) >= 11 is 5.86. The fourth-order valence-electron chi connectivity index (χ4n) is 2.71. The fourth-order valence-corrected chi connectivity index (χ4v) is 2.83. The zero-order chi connectivity index (χ0) is 20.3. The van der Waals surface area contributed by atoms with Gasteiger partial charge in [0.05, 0.1) is 18.0 Å². The van der Waals surface area contributed by atoms with Gasteiger partial charge in [-0.3, -0.25) is 9.59 Å². The van der Waals surface area contributed by atoms with Gasteiger partial charge in [0.25, 0.3) is 5.91 Å². The Labute approximate surface area is 165 Å². The van der Waals surface area contributed by atoms with Gasteiger partial charge in [0.2, 0.25) is 5.89 Å². The van der Waals surface area contributed by atoms with Crippen molar-refractivity contribution in [2.45, 2.75) is 19.4 Å². The molecule has 1 atom stereocenters. The predicted octanol–water partition coefficient (Wildman–Crippen LogP) is 4.39. The van der Waals surface area contributed by atoms with E-state index in [1.54, 1.807) is 30.3 Å². The van der Waals surface area contributed by atoms with Crippen molar-refractivity contribution in [2.24, 2.45) is 0 Å². The number of rotatable bonds is 6. The number of carbonyl (C=O) groups is 2. The number of carboxylic acid groups (broad SMARTS) is 1. The van der Waals surface area contributed by atoms with Crippen LogP contribution in [-0.4, -0.2) is 22.0 Å². The Morgan fingerprint density at radius 2 is 1.89 bits per heavy atom. The van der Waals surface area contributed by atoms with E-state index in [9.17, 15) is 14.0 Å². The molecular formula is C20H16ClFN2O4. The number of benzene rings is 2. The maximum absolute atomic E-state index is 13.9. The molecular weight excluding hydrogens is 387 g/mol. The van der Waals surface area contributed by atoms with Crippen molar-refractivity contribution < 1.29 is 23.5 Å². The van der Waals surface area contributed by atoms with Crippen LogP contribution in [0.15, 0.2) is 52.9 Å². The minimum Gasteiger partial charge on any atom is -0.481 e. The molecule has 0 aliphatic carbocycles. The Morgan fingerprint density at radius 3 is 2.54 bits per heavy atom. The van der Waals surface area contributed by atoms with Crippen molar-refractivity contribution in [1.82, 2.24) is 10.3 Å². The lowest BCUT2D eigenvalue weighted by atomic mass is 10.0. The van der Waals surface area contributed by atoms with E-state index in [0.29, 0.717) is 10.6 Å². The molecule has 6 nitrogen and oxygen atoms in total. The summed E-state index contributed by atoms with van der Waals surface area (Å²) < 4.78 is 19.4. The highest BCUT2D eigenvalue weighted by atomic mass is 35.5. The molecule has 0 saturated carbocycles. The standard InChI is InChI=1S/C20H16ClFN2O4/c1-11-18(24-20(28-11)14-4-2-3-5-15(14)22)19(27)23-16(10-17(25)26)12-6-8-13(21)9-7-12/h2-9,16H,10H2,1H3,(H,23,27)(H,25,26)/t16-/m0/s1. The lowest BCUT2D eigenvalue weighted by molar-refractivity contribution is -0.137. The normalized spacial score (nSPS) is 11.8. The van der Waals surface area contributed by atoms with Crippen LogP contribution in [0.25, 0.3) is 11.5 Å². The van der Waals surface area contributed by atoms with Crippen LogP contribution >= 0.6 is 11.6 Å². The molecule has 1 aromatic heterocycles. The highest BCUT2D eigenvalue weighted by Crippen LogP contribution is 2.25. The van der Waals surface area contributed by atoms with Crippen molar-refractivity contribution >= 4 is 23.5 Å². The molecule has 0 fully saturated rings. The summed E-state index contributed by atoms with van der Waals surface area (Å²) in [6.45, 7) is 1.53. The number of carboxylic acids is 1. The summed E-state index contributed by atoms with van der Waals surface area (Å²) in [5.74, 6) is -2.06. The Balaban J connectivity index is 1.87. The first kappa shape index (κ1) is 19.6. The van der Waals surface area contributed by atoms with Gasteiger partial charge in [0.1, 0.15) is 11.6 Å². The van der Waals surface area contributed by atoms with E-state index in [1.165, 1.54) is 25.1 Å². The zero-order valence-electron chi connectivity index (χ0n) is 14.8. The van der Waals surface area contributed by atoms with Gasteiger partial charge in [-0.05, 0) is 36.8 Å². The van der Waals surface area contributed by atoms with Crippen LogP contribution in [0, 0.1) is 12.7 Å². The molecule has 1 heterocycles. The smallest absolute Gasteiger partial charge is 0.305 e. The van der Waals surface area contributed by atoms with E-state index >= 15 is 0 Å². The Hall–Kier alpha value is -3.19. The summed E-state index contributed by atoms with van der Waals surface area (Å²) in [5.41, 5.74) is 0.669. The van der Waals surface area contributed by atoms with E-state index < -0.39 is 23.7 Å². The topological polar surface area (TPSA) is 92.4 Å². The zero-order valence-corrected chi connectivity index (χ0v) is 15.5. The lowest BCUT2D eigenvalue weighted by Gasteiger charge is -2.17. The molecule has 3 aromatic rings. The third-order valence-corrected chi connectivity index (χ3v) is 4.32. The Morgan fingerprint density at radius 1 is 1.21 bits per heavy atom. The highest BCUT2D eigenvalue weighted by Gasteiger charge is 2.24. The van der Waals surface area contributed by atoms with Gasteiger partial charge >= 0.3 is 5.97 Å². The third-order valence-electron chi connectivity index (χ3n) is 4.07. The predicted molar refractivity (Wildman–Crippen MR) is 101 cm³/mol. The number of halogens is 2. The second kappa shape index (κ2) is 8.22. The SMILES string of the molecule is Cc1oc(-c2ccccc2F)nc1C(=O)N[C@@H](CC(=O)O)c1ccc(Cl)cc1. The Bertz CT molecular complexity index is 1020. The highest BCUT2D eigenvalue weighted by molar-refractivity contribution is 6.30. The van der Waals surface area contributed by atoms with Crippen molar-refractivity contribution in [1.29, 1.82) is 0 Å². The van der Waals surface area contributed by atoms with Gasteiger partial charge in [-0.25, -0.2) is 9.37 Å². The van der Waals surface area contributed by atoms with E-state index in [2.05, 4.69) is 10.3 Å². The maximum atomic E-state index is 13.9. The molecule has 1 amide bonds. The number of hydrogen-bond acceptors (Lipinski definition) is 4. The van der Waals surface area contributed by atoms with E-state index in [0.717, 1.165) is 0 Å². The molecule has 0 bridgehead atoms. The monoisotopic (exact) mass is 402 g/mol. The number of carbonyl (C=O) groups excluding carboxylic acids is 1. The number of nitrogens with zero attached hydrogens (tertiary/aromatic N) is 1. The number of nitrogens with one attached hydrogen (secondary N) is 1. The summed E-state index contributed by atoms with van der Waals surface area (Å²) in [5, 5.41) is 12.3. The van der Waals surface area contributed by atoms with Gasteiger partial charge < -0.3 is 14.8 Å². The molecule has 0 aliphatic rings. The second-order valence-electron chi connectivity index (χ2n) is 6.08. The van der Waals surface area contributed by atoms with Crippen molar-refractivity contribution in [3.05, 3.63) is 76.4 Å². The van der Waals surface area contributed by atoms with Gasteiger partial charge in [-0.2, -0.15) is 0 Å². The molecule has 3 rings (SSSR count). The second-order valence-corrected chi connectivity index (χ2v) is 6.52. The van der Waals surface area contributed by atoms with Gasteiger partial charge in [-0.15, -0.1) is 0 Å². The quantitative estimate of drug-likeness (QED) is 0.638. The lowest BCUT2D eigenvalue weighted by Crippen LogP contribution is -2.30. The molecule has 0 unspecified atom stereocenters. The minimum atomic E-state index is -1.08.